The molecule has 1 aromatic carbocycles. The van der Waals surface area contributed by atoms with Gasteiger partial charge in [-0.25, -0.2) is 4.39 Å². The van der Waals surface area contributed by atoms with Crippen LogP contribution in [0.3, 0.4) is 0 Å². The summed E-state index contributed by atoms with van der Waals surface area (Å²) >= 11 is 0. The van der Waals surface area contributed by atoms with Gasteiger partial charge in [-0.3, -0.25) is 9.80 Å². The number of hydrogen-bond donors (Lipinski definition) is 1. The number of halogens is 1. The van der Waals surface area contributed by atoms with Crippen LogP contribution in [0, 0.1) is 5.82 Å². The number of aliphatic hydroxyl groups is 1. The quantitative estimate of drug-likeness (QED) is 0.756. The molecule has 5 heteroatoms. The van der Waals surface area contributed by atoms with Crippen molar-refractivity contribution in [2.45, 2.75) is 6.54 Å². The highest BCUT2D eigenvalue weighted by atomic mass is 19.1. The van der Waals surface area contributed by atoms with E-state index >= 15 is 0 Å². The van der Waals surface area contributed by atoms with Crippen LogP contribution in [0.5, 0.6) is 0 Å². The zero-order valence-corrected chi connectivity index (χ0v) is 11.8. The standard InChI is InChI=1S/C15H23FN2O2/c16-15-4-2-1-3-14(15)13-18-7-5-17(6-8-18)9-11-20-12-10-19/h1-4,19H,5-13H2. The van der Waals surface area contributed by atoms with Crippen LogP contribution in [0.25, 0.3) is 0 Å². The monoisotopic (exact) mass is 282 g/mol. The predicted molar refractivity (Wildman–Crippen MR) is 76.0 cm³/mol. The van der Waals surface area contributed by atoms with Crippen LogP contribution in [0.2, 0.25) is 0 Å². The predicted octanol–water partition coefficient (Wildman–Crippen LogP) is 0.952. The van der Waals surface area contributed by atoms with Gasteiger partial charge in [-0.05, 0) is 6.07 Å². The van der Waals surface area contributed by atoms with Crippen LogP contribution in [-0.4, -0.2) is 67.5 Å². The smallest absolute Gasteiger partial charge is 0.127 e. The van der Waals surface area contributed by atoms with E-state index in [0.717, 1.165) is 38.3 Å². The van der Waals surface area contributed by atoms with E-state index in [9.17, 15) is 4.39 Å². The molecular formula is C15H23FN2O2. The number of piperazine rings is 1. The summed E-state index contributed by atoms with van der Waals surface area (Å²) in [6.07, 6.45) is 0. The van der Waals surface area contributed by atoms with E-state index in [1.165, 1.54) is 6.07 Å². The van der Waals surface area contributed by atoms with E-state index < -0.39 is 0 Å². The summed E-state index contributed by atoms with van der Waals surface area (Å²) < 4.78 is 18.9. The second kappa shape index (κ2) is 8.32. The number of benzene rings is 1. The molecule has 1 heterocycles. The number of aliphatic hydroxyl groups excluding tert-OH is 1. The Morgan fingerprint density at radius 2 is 1.75 bits per heavy atom. The van der Waals surface area contributed by atoms with E-state index in [1.807, 2.05) is 12.1 Å². The Morgan fingerprint density at radius 1 is 1.05 bits per heavy atom. The Hall–Kier alpha value is -1.01. The molecule has 0 spiro atoms. The molecule has 20 heavy (non-hydrogen) atoms. The third-order valence-electron chi connectivity index (χ3n) is 3.60. The maximum absolute atomic E-state index is 13.6. The fourth-order valence-electron chi connectivity index (χ4n) is 2.40. The Balaban J connectivity index is 1.68. The third-order valence-corrected chi connectivity index (χ3v) is 3.60. The molecule has 2 rings (SSSR count). The summed E-state index contributed by atoms with van der Waals surface area (Å²) in [5.74, 6) is -0.118. The molecule has 0 aliphatic carbocycles. The minimum Gasteiger partial charge on any atom is -0.394 e. The SMILES string of the molecule is OCCOCCN1CCN(Cc2ccccc2F)CC1. The van der Waals surface area contributed by atoms with Gasteiger partial charge < -0.3 is 9.84 Å². The number of ether oxygens (including phenoxy) is 1. The molecule has 1 aliphatic heterocycles. The largest absolute Gasteiger partial charge is 0.394 e. The number of rotatable bonds is 7. The summed E-state index contributed by atoms with van der Waals surface area (Å²) in [4.78, 5) is 4.62. The van der Waals surface area contributed by atoms with E-state index in [2.05, 4.69) is 9.80 Å². The lowest BCUT2D eigenvalue weighted by Gasteiger charge is -2.34. The van der Waals surface area contributed by atoms with Gasteiger partial charge >= 0.3 is 0 Å². The lowest BCUT2D eigenvalue weighted by atomic mass is 10.2. The van der Waals surface area contributed by atoms with Crippen molar-refractivity contribution in [1.82, 2.24) is 9.80 Å². The normalized spacial score (nSPS) is 17.5. The van der Waals surface area contributed by atoms with Gasteiger partial charge in [-0.2, -0.15) is 0 Å². The summed E-state index contributed by atoms with van der Waals surface area (Å²) in [7, 11) is 0. The van der Waals surface area contributed by atoms with Gasteiger partial charge in [0.15, 0.2) is 0 Å². The van der Waals surface area contributed by atoms with Crippen molar-refractivity contribution in [2.75, 3.05) is 52.5 Å². The molecule has 1 fully saturated rings. The molecule has 4 nitrogen and oxygen atoms in total. The average molecular weight is 282 g/mol. The van der Waals surface area contributed by atoms with Crippen molar-refractivity contribution in [3.63, 3.8) is 0 Å². The van der Waals surface area contributed by atoms with Crippen molar-refractivity contribution >= 4 is 0 Å². The van der Waals surface area contributed by atoms with Crippen molar-refractivity contribution < 1.29 is 14.2 Å². The molecule has 0 saturated carbocycles. The Morgan fingerprint density at radius 3 is 2.45 bits per heavy atom. The molecule has 0 aromatic heterocycles. The Kier molecular flexibility index (Phi) is 6.39. The number of nitrogens with zero attached hydrogens (tertiary/aromatic N) is 2. The van der Waals surface area contributed by atoms with Crippen LogP contribution in [0.1, 0.15) is 5.56 Å². The van der Waals surface area contributed by atoms with Gasteiger partial charge in [0.25, 0.3) is 0 Å². The van der Waals surface area contributed by atoms with Crippen molar-refractivity contribution in [3.05, 3.63) is 35.6 Å². The summed E-state index contributed by atoms with van der Waals surface area (Å²) in [5.41, 5.74) is 0.771. The van der Waals surface area contributed by atoms with Gasteiger partial charge in [0, 0.05) is 44.8 Å². The van der Waals surface area contributed by atoms with Gasteiger partial charge in [-0.15, -0.1) is 0 Å². The first-order valence-corrected chi connectivity index (χ1v) is 7.16. The molecule has 1 aliphatic rings. The minimum atomic E-state index is -0.118. The Labute approximate surface area is 119 Å². The molecule has 0 atom stereocenters. The van der Waals surface area contributed by atoms with Gasteiger partial charge in [0.1, 0.15) is 5.82 Å². The lowest BCUT2D eigenvalue weighted by molar-refractivity contribution is 0.0562. The minimum absolute atomic E-state index is 0.0798. The van der Waals surface area contributed by atoms with Gasteiger partial charge in [0.2, 0.25) is 0 Å². The molecule has 112 valence electrons. The zero-order valence-electron chi connectivity index (χ0n) is 11.8. The lowest BCUT2D eigenvalue weighted by Crippen LogP contribution is -2.46. The molecule has 0 amide bonds. The van der Waals surface area contributed by atoms with Crippen molar-refractivity contribution in [2.24, 2.45) is 0 Å². The molecule has 1 saturated heterocycles. The average Bonchev–Trinajstić information content (AvgIpc) is 2.48. The van der Waals surface area contributed by atoms with Gasteiger partial charge in [-0.1, -0.05) is 18.2 Å². The fourth-order valence-corrected chi connectivity index (χ4v) is 2.40. The molecule has 0 radical (unpaired) electrons. The highest BCUT2D eigenvalue weighted by Crippen LogP contribution is 2.11. The van der Waals surface area contributed by atoms with E-state index in [1.54, 1.807) is 6.07 Å². The summed E-state index contributed by atoms with van der Waals surface area (Å²) in [5, 5.41) is 8.62. The maximum atomic E-state index is 13.6. The first kappa shape index (κ1) is 15.4. The van der Waals surface area contributed by atoms with Crippen molar-refractivity contribution in [3.8, 4) is 0 Å². The first-order chi connectivity index (χ1) is 9.79. The van der Waals surface area contributed by atoms with Crippen LogP contribution in [0.4, 0.5) is 4.39 Å². The topological polar surface area (TPSA) is 35.9 Å². The highest BCUT2D eigenvalue weighted by molar-refractivity contribution is 5.17. The van der Waals surface area contributed by atoms with Crippen LogP contribution >= 0.6 is 0 Å². The molecule has 0 bridgehead atoms. The summed E-state index contributed by atoms with van der Waals surface area (Å²) in [6.45, 7) is 6.60. The fraction of sp³-hybridized carbons (Fsp3) is 0.600. The molecular weight excluding hydrogens is 259 g/mol. The van der Waals surface area contributed by atoms with E-state index in [0.29, 0.717) is 19.8 Å². The number of hydrogen-bond acceptors (Lipinski definition) is 4. The van der Waals surface area contributed by atoms with Crippen LogP contribution < -0.4 is 0 Å². The van der Waals surface area contributed by atoms with E-state index in [4.69, 9.17) is 9.84 Å². The van der Waals surface area contributed by atoms with E-state index in [-0.39, 0.29) is 12.4 Å². The first-order valence-electron chi connectivity index (χ1n) is 7.16. The Bertz CT molecular complexity index is 395. The second-order valence-corrected chi connectivity index (χ2v) is 5.05. The third kappa shape index (κ3) is 4.83. The second-order valence-electron chi connectivity index (χ2n) is 5.05. The van der Waals surface area contributed by atoms with Crippen LogP contribution in [-0.2, 0) is 11.3 Å². The molecule has 1 N–H and O–H groups in total. The van der Waals surface area contributed by atoms with Crippen molar-refractivity contribution in [1.29, 1.82) is 0 Å². The molecule has 1 aromatic rings. The maximum Gasteiger partial charge on any atom is 0.127 e. The zero-order chi connectivity index (χ0) is 14.2. The highest BCUT2D eigenvalue weighted by Gasteiger charge is 2.17. The molecule has 0 unspecified atom stereocenters. The van der Waals surface area contributed by atoms with Gasteiger partial charge in [0.05, 0.1) is 19.8 Å². The summed E-state index contributed by atoms with van der Waals surface area (Å²) in [6, 6.07) is 6.98. The van der Waals surface area contributed by atoms with Crippen LogP contribution in [0.15, 0.2) is 24.3 Å².